The van der Waals surface area contributed by atoms with Crippen molar-refractivity contribution >= 4 is 5.82 Å². The molecule has 1 unspecified atom stereocenters. The largest absolute Gasteiger partial charge is 0.383 e. The highest BCUT2D eigenvalue weighted by Gasteiger charge is 2.20. The van der Waals surface area contributed by atoms with Crippen LogP contribution in [0.3, 0.4) is 0 Å². The van der Waals surface area contributed by atoms with Crippen LogP contribution in [0.2, 0.25) is 0 Å². The second-order valence-electron chi connectivity index (χ2n) is 4.31. The molecule has 0 aliphatic carbocycles. The van der Waals surface area contributed by atoms with E-state index in [1.54, 1.807) is 0 Å². The molecule has 1 aliphatic heterocycles. The fourth-order valence-electron chi connectivity index (χ4n) is 2.07. The quantitative estimate of drug-likeness (QED) is 0.827. The maximum Gasteiger partial charge on any atom is 0.136 e. The summed E-state index contributed by atoms with van der Waals surface area (Å²) < 4.78 is 5.46. The molecule has 2 N–H and O–H groups in total. The molecular formula is C12H19N3O. The number of nitrogen functional groups attached to an aromatic ring is 1. The van der Waals surface area contributed by atoms with Crippen LogP contribution < -0.4 is 5.73 Å². The van der Waals surface area contributed by atoms with Gasteiger partial charge < -0.3 is 10.5 Å². The van der Waals surface area contributed by atoms with Gasteiger partial charge in [-0.2, -0.15) is 0 Å². The highest BCUT2D eigenvalue weighted by atomic mass is 16.5. The van der Waals surface area contributed by atoms with Crippen molar-refractivity contribution in [2.75, 3.05) is 18.9 Å². The summed E-state index contributed by atoms with van der Waals surface area (Å²) in [6.45, 7) is 5.66. The van der Waals surface area contributed by atoms with Crippen LogP contribution in [0.5, 0.6) is 0 Å². The van der Waals surface area contributed by atoms with Crippen molar-refractivity contribution in [3.8, 4) is 0 Å². The normalized spacial score (nSPS) is 21.0. The van der Waals surface area contributed by atoms with E-state index in [4.69, 9.17) is 10.5 Å². The average molecular weight is 221 g/mol. The number of hydrogen-bond donors (Lipinski definition) is 1. The highest BCUT2D eigenvalue weighted by molar-refractivity contribution is 5.41. The van der Waals surface area contributed by atoms with Crippen LogP contribution in [0.1, 0.15) is 42.8 Å². The van der Waals surface area contributed by atoms with Gasteiger partial charge in [0, 0.05) is 23.8 Å². The molecule has 0 amide bonds. The summed E-state index contributed by atoms with van der Waals surface area (Å²) in [7, 11) is 0. The predicted octanol–water partition coefficient (Wildman–Crippen LogP) is 1.82. The highest BCUT2D eigenvalue weighted by Crippen LogP contribution is 2.24. The number of ether oxygens (including phenoxy) is 1. The van der Waals surface area contributed by atoms with Crippen molar-refractivity contribution in [2.24, 2.45) is 0 Å². The van der Waals surface area contributed by atoms with Gasteiger partial charge in [-0.15, -0.1) is 0 Å². The molecule has 16 heavy (non-hydrogen) atoms. The number of anilines is 1. The number of hydrogen-bond acceptors (Lipinski definition) is 4. The van der Waals surface area contributed by atoms with Crippen molar-refractivity contribution in [3.05, 3.63) is 17.1 Å². The molecule has 1 saturated heterocycles. The van der Waals surface area contributed by atoms with Crippen molar-refractivity contribution in [2.45, 2.75) is 39.0 Å². The van der Waals surface area contributed by atoms with Crippen LogP contribution in [0, 0.1) is 6.92 Å². The molecule has 1 aromatic heterocycles. The molecule has 88 valence electrons. The van der Waals surface area contributed by atoms with Gasteiger partial charge in [-0.05, 0) is 26.2 Å². The lowest BCUT2D eigenvalue weighted by Crippen LogP contribution is -2.19. The van der Waals surface area contributed by atoms with E-state index in [1.807, 2.05) is 6.92 Å². The SMILES string of the molecule is CCc1nc(C2CCCOC2)nc(N)c1C. The Bertz CT molecular complexity index is 373. The molecule has 1 aromatic rings. The maximum atomic E-state index is 5.91. The zero-order valence-electron chi connectivity index (χ0n) is 9.99. The van der Waals surface area contributed by atoms with E-state index in [-0.39, 0.29) is 0 Å². The zero-order valence-corrected chi connectivity index (χ0v) is 9.99. The Hall–Kier alpha value is -1.16. The standard InChI is InChI=1S/C12H19N3O/c1-3-10-8(2)11(13)15-12(14-10)9-5-4-6-16-7-9/h9H,3-7H2,1-2H3,(H2,13,14,15). The molecule has 2 rings (SSSR count). The number of aryl methyl sites for hydroxylation is 1. The molecule has 1 atom stereocenters. The van der Waals surface area contributed by atoms with Gasteiger partial charge in [0.25, 0.3) is 0 Å². The van der Waals surface area contributed by atoms with E-state index in [9.17, 15) is 0 Å². The van der Waals surface area contributed by atoms with E-state index >= 15 is 0 Å². The fourth-order valence-corrected chi connectivity index (χ4v) is 2.07. The average Bonchev–Trinajstić information content (AvgIpc) is 2.33. The smallest absolute Gasteiger partial charge is 0.136 e. The topological polar surface area (TPSA) is 61.0 Å². The molecule has 0 radical (unpaired) electrons. The minimum Gasteiger partial charge on any atom is -0.383 e. The molecule has 0 aromatic carbocycles. The molecule has 0 bridgehead atoms. The monoisotopic (exact) mass is 221 g/mol. The van der Waals surface area contributed by atoms with Crippen molar-refractivity contribution < 1.29 is 4.74 Å². The molecule has 2 heterocycles. The van der Waals surface area contributed by atoms with E-state index in [1.165, 1.54) is 0 Å². The second-order valence-corrected chi connectivity index (χ2v) is 4.31. The van der Waals surface area contributed by atoms with Gasteiger partial charge in [0.15, 0.2) is 0 Å². The first-order chi connectivity index (χ1) is 7.72. The van der Waals surface area contributed by atoms with Crippen LogP contribution in [-0.4, -0.2) is 23.2 Å². The van der Waals surface area contributed by atoms with Crippen molar-refractivity contribution in [3.63, 3.8) is 0 Å². The Balaban J connectivity index is 2.29. The van der Waals surface area contributed by atoms with Crippen LogP contribution in [0.15, 0.2) is 0 Å². The van der Waals surface area contributed by atoms with Crippen LogP contribution >= 0.6 is 0 Å². The van der Waals surface area contributed by atoms with E-state index < -0.39 is 0 Å². The number of nitrogens with zero attached hydrogens (tertiary/aromatic N) is 2. The van der Waals surface area contributed by atoms with Gasteiger partial charge in [-0.25, -0.2) is 9.97 Å². The first-order valence-electron chi connectivity index (χ1n) is 5.93. The Morgan fingerprint density at radius 3 is 2.88 bits per heavy atom. The number of rotatable bonds is 2. The Morgan fingerprint density at radius 1 is 1.44 bits per heavy atom. The first-order valence-corrected chi connectivity index (χ1v) is 5.93. The summed E-state index contributed by atoms with van der Waals surface area (Å²) >= 11 is 0. The van der Waals surface area contributed by atoms with E-state index in [2.05, 4.69) is 16.9 Å². The molecule has 0 saturated carbocycles. The zero-order chi connectivity index (χ0) is 11.5. The van der Waals surface area contributed by atoms with Gasteiger partial charge in [0.1, 0.15) is 11.6 Å². The minimum absolute atomic E-state index is 0.321. The van der Waals surface area contributed by atoms with Gasteiger partial charge in [0.05, 0.1) is 6.61 Å². The van der Waals surface area contributed by atoms with Gasteiger partial charge in [0.2, 0.25) is 0 Å². The molecular weight excluding hydrogens is 202 g/mol. The van der Waals surface area contributed by atoms with Crippen LogP contribution in [0.25, 0.3) is 0 Å². The minimum atomic E-state index is 0.321. The van der Waals surface area contributed by atoms with Gasteiger partial charge >= 0.3 is 0 Å². The molecule has 0 spiro atoms. The van der Waals surface area contributed by atoms with Crippen LogP contribution in [-0.2, 0) is 11.2 Å². The summed E-state index contributed by atoms with van der Waals surface area (Å²) in [5, 5.41) is 0. The van der Waals surface area contributed by atoms with Crippen molar-refractivity contribution in [1.82, 2.24) is 9.97 Å². The lowest BCUT2D eigenvalue weighted by Gasteiger charge is -2.21. The molecule has 1 fully saturated rings. The first kappa shape index (κ1) is 11.3. The van der Waals surface area contributed by atoms with E-state index in [0.717, 1.165) is 49.6 Å². The summed E-state index contributed by atoms with van der Waals surface area (Å²) in [5.74, 6) is 1.80. The fraction of sp³-hybridized carbons (Fsp3) is 0.667. The summed E-state index contributed by atoms with van der Waals surface area (Å²) in [4.78, 5) is 9.00. The van der Waals surface area contributed by atoms with Crippen LogP contribution in [0.4, 0.5) is 5.82 Å². The number of nitrogens with two attached hydrogens (primary N) is 1. The molecule has 4 heteroatoms. The lowest BCUT2D eigenvalue weighted by molar-refractivity contribution is 0.0780. The lowest BCUT2D eigenvalue weighted by atomic mass is 10.0. The third kappa shape index (κ3) is 2.16. The molecule has 4 nitrogen and oxygen atoms in total. The summed E-state index contributed by atoms with van der Waals surface area (Å²) in [6.07, 6.45) is 3.09. The third-order valence-corrected chi connectivity index (χ3v) is 3.16. The van der Waals surface area contributed by atoms with Gasteiger partial charge in [-0.1, -0.05) is 6.92 Å². The van der Waals surface area contributed by atoms with Crippen molar-refractivity contribution in [1.29, 1.82) is 0 Å². The predicted molar refractivity (Wildman–Crippen MR) is 63.4 cm³/mol. The van der Waals surface area contributed by atoms with E-state index in [0.29, 0.717) is 11.7 Å². The Labute approximate surface area is 96.2 Å². The Morgan fingerprint density at radius 2 is 2.25 bits per heavy atom. The maximum absolute atomic E-state index is 5.91. The molecule has 1 aliphatic rings. The third-order valence-electron chi connectivity index (χ3n) is 3.16. The summed E-state index contributed by atoms with van der Waals surface area (Å²) in [6, 6.07) is 0. The number of aromatic nitrogens is 2. The Kier molecular flexibility index (Phi) is 3.39. The van der Waals surface area contributed by atoms with Gasteiger partial charge in [-0.3, -0.25) is 0 Å². The summed E-state index contributed by atoms with van der Waals surface area (Å²) in [5.41, 5.74) is 7.99. The second kappa shape index (κ2) is 4.78.